The summed E-state index contributed by atoms with van der Waals surface area (Å²) in [6.07, 6.45) is 0. The molecular weight excluding hydrogens is 208 g/mol. The highest BCUT2D eigenvalue weighted by atomic mass is 16.4. The van der Waals surface area contributed by atoms with Crippen LogP contribution in [-0.2, 0) is 9.59 Å². The van der Waals surface area contributed by atoms with Gasteiger partial charge in [0, 0.05) is 19.6 Å². The summed E-state index contributed by atoms with van der Waals surface area (Å²) in [4.78, 5) is 22.2. The van der Waals surface area contributed by atoms with Crippen LogP contribution in [0.1, 0.15) is 27.7 Å². The second kappa shape index (κ2) is 5.84. The average molecular weight is 230 g/mol. The Labute approximate surface area is 96.6 Å². The van der Waals surface area contributed by atoms with Crippen LogP contribution in [0.3, 0.4) is 0 Å². The van der Waals surface area contributed by atoms with Crippen molar-refractivity contribution >= 4 is 11.9 Å². The van der Waals surface area contributed by atoms with Gasteiger partial charge in [0.2, 0.25) is 5.91 Å². The fourth-order valence-corrected chi connectivity index (χ4v) is 1.23. The Kier molecular flexibility index (Phi) is 5.44. The predicted octanol–water partition coefficient (Wildman–Crippen LogP) is 0.457. The summed E-state index contributed by atoms with van der Waals surface area (Å²) in [7, 11) is 1.59. The van der Waals surface area contributed by atoms with Crippen LogP contribution >= 0.6 is 0 Å². The number of carbonyl (C=O) groups is 2. The summed E-state index contributed by atoms with van der Waals surface area (Å²) >= 11 is 0. The van der Waals surface area contributed by atoms with E-state index in [1.165, 1.54) is 0 Å². The van der Waals surface area contributed by atoms with E-state index in [1.807, 2.05) is 13.8 Å². The Hall–Kier alpha value is -1.10. The van der Waals surface area contributed by atoms with Crippen LogP contribution in [0.2, 0.25) is 0 Å². The van der Waals surface area contributed by atoms with Crippen molar-refractivity contribution in [3.63, 3.8) is 0 Å². The highest BCUT2D eigenvalue weighted by Gasteiger charge is 2.28. The molecule has 0 saturated carbocycles. The zero-order valence-corrected chi connectivity index (χ0v) is 10.6. The standard InChI is InChI=1S/C11H22N2O3/c1-7(9(14)15)8(2)13-6-11(3,4)10(16)12-5/h7-8,13H,6H2,1-5H3,(H,12,16)(H,14,15). The van der Waals surface area contributed by atoms with Gasteiger partial charge in [-0.15, -0.1) is 0 Å². The average Bonchev–Trinajstić information content (AvgIpc) is 2.23. The van der Waals surface area contributed by atoms with Crippen LogP contribution in [0.15, 0.2) is 0 Å². The Bertz CT molecular complexity index is 264. The molecule has 5 heteroatoms. The molecule has 0 rings (SSSR count). The van der Waals surface area contributed by atoms with Gasteiger partial charge in [-0.2, -0.15) is 0 Å². The van der Waals surface area contributed by atoms with Crippen molar-refractivity contribution in [2.75, 3.05) is 13.6 Å². The lowest BCUT2D eigenvalue weighted by Gasteiger charge is -2.26. The second-order valence-corrected chi connectivity index (χ2v) is 4.76. The van der Waals surface area contributed by atoms with Gasteiger partial charge < -0.3 is 15.7 Å². The van der Waals surface area contributed by atoms with E-state index in [2.05, 4.69) is 10.6 Å². The van der Waals surface area contributed by atoms with Crippen molar-refractivity contribution in [1.29, 1.82) is 0 Å². The molecule has 16 heavy (non-hydrogen) atoms. The molecule has 0 aliphatic carbocycles. The monoisotopic (exact) mass is 230 g/mol. The third-order valence-corrected chi connectivity index (χ3v) is 2.85. The topological polar surface area (TPSA) is 78.4 Å². The van der Waals surface area contributed by atoms with Crippen LogP contribution in [0.5, 0.6) is 0 Å². The molecule has 0 spiro atoms. The normalized spacial score (nSPS) is 15.3. The molecule has 2 unspecified atom stereocenters. The van der Waals surface area contributed by atoms with Crippen LogP contribution in [0, 0.1) is 11.3 Å². The van der Waals surface area contributed by atoms with Crippen molar-refractivity contribution in [3.8, 4) is 0 Å². The zero-order chi connectivity index (χ0) is 12.9. The summed E-state index contributed by atoms with van der Waals surface area (Å²) in [5.74, 6) is -1.37. The molecule has 0 aromatic rings. The minimum absolute atomic E-state index is 0.0600. The van der Waals surface area contributed by atoms with Gasteiger partial charge in [0.05, 0.1) is 11.3 Å². The first kappa shape index (κ1) is 14.9. The Morgan fingerprint density at radius 2 is 1.81 bits per heavy atom. The first-order valence-corrected chi connectivity index (χ1v) is 5.40. The molecule has 0 heterocycles. The van der Waals surface area contributed by atoms with Gasteiger partial charge >= 0.3 is 5.97 Å². The molecule has 0 aliphatic rings. The first-order chi connectivity index (χ1) is 7.22. The molecule has 0 aromatic heterocycles. The lowest BCUT2D eigenvalue weighted by molar-refractivity contribution is -0.141. The predicted molar refractivity (Wildman–Crippen MR) is 62.1 cm³/mol. The van der Waals surface area contributed by atoms with Crippen LogP contribution < -0.4 is 10.6 Å². The largest absolute Gasteiger partial charge is 0.481 e. The highest BCUT2D eigenvalue weighted by molar-refractivity contribution is 5.81. The van der Waals surface area contributed by atoms with E-state index in [0.717, 1.165) is 0 Å². The van der Waals surface area contributed by atoms with Gasteiger partial charge in [0.1, 0.15) is 0 Å². The molecular formula is C11H22N2O3. The van der Waals surface area contributed by atoms with Gasteiger partial charge in [-0.3, -0.25) is 9.59 Å². The lowest BCUT2D eigenvalue weighted by atomic mass is 9.91. The molecule has 0 aliphatic heterocycles. The van der Waals surface area contributed by atoms with Crippen molar-refractivity contribution in [1.82, 2.24) is 10.6 Å². The Morgan fingerprint density at radius 1 is 1.31 bits per heavy atom. The molecule has 94 valence electrons. The smallest absolute Gasteiger partial charge is 0.307 e. The van der Waals surface area contributed by atoms with Gasteiger partial charge in [-0.05, 0) is 20.8 Å². The molecule has 2 atom stereocenters. The van der Waals surface area contributed by atoms with Crippen LogP contribution in [0.25, 0.3) is 0 Å². The summed E-state index contributed by atoms with van der Waals surface area (Å²) in [5, 5.41) is 14.5. The Morgan fingerprint density at radius 3 is 2.19 bits per heavy atom. The summed E-state index contributed by atoms with van der Waals surface area (Å²) in [5.41, 5.74) is -0.540. The van der Waals surface area contributed by atoms with E-state index in [9.17, 15) is 9.59 Å². The summed E-state index contributed by atoms with van der Waals surface area (Å²) in [6.45, 7) is 7.53. The number of nitrogens with one attached hydrogen (secondary N) is 2. The molecule has 0 saturated heterocycles. The number of amides is 1. The van der Waals surface area contributed by atoms with Crippen LogP contribution in [0.4, 0.5) is 0 Å². The SMILES string of the molecule is CNC(=O)C(C)(C)CNC(C)C(C)C(=O)O. The van der Waals surface area contributed by atoms with E-state index in [4.69, 9.17) is 5.11 Å². The number of carbonyl (C=O) groups excluding carboxylic acids is 1. The maximum atomic E-state index is 11.5. The number of carboxylic acids is 1. The van der Waals surface area contributed by atoms with Gasteiger partial charge in [-0.25, -0.2) is 0 Å². The van der Waals surface area contributed by atoms with Crippen molar-refractivity contribution < 1.29 is 14.7 Å². The van der Waals surface area contributed by atoms with Crippen molar-refractivity contribution in [2.24, 2.45) is 11.3 Å². The quantitative estimate of drug-likeness (QED) is 0.619. The second-order valence-electron chi connectivity index (χ2n) is 4.76. The van der Waals surface area contributed by atoms with Gasteiger partial charge in [0.15, 0.2) is 0 Å². The van der Waals surface area contributed by atoms with E-state index in [0.29, 0.717) is 6.54 Å². The zero-order valence-electron chi connectivity index (χ0n) is 10.6. The molecule has 1 amide bonds. The third-order valence-electron chi connectivity index (χ3n) is 2.85. The molecule has 0 fully saturated rings. The first-order valence-electron chi connectivity index (χ1n) is 5.40. The summed E-state index contributed by atoms with van der Waals surface area (Å²) < 4.78 is 0. The number of hydrogen-bond donors (Lipinski definition) is 3. The van der Waals surface area contributed by atoms with Crippen molar-refractivity contribution in [2.45, 2.75) is 33.7 Å². The van der Waals surface area contributed by atoms with Crippen molar-refractivity contribution in [3.05, 3.63) is 0 Å². The van der Waals surface area contributed by atoms with Gasteiger partial charge in [-0.1, -0.05) is 6.92 Å². The van der Waals surface area contributed by atoms with Crippen LogP contribution in [-0.4, -0.2) is 36.6 Å². The fourth-order valence-electron chi connectivity index (χ4n) is 1.23. The minimum Gasteiger partial charge on any atom is -0.481 e. The van der Waals surface area contributed by atoms with E-state index in [-0.39, 0.29) is 11.9 Å². The third kappa shape index (κ3) is 4.18. The van der Waals surface area contributed by atoms with Gasteiger partial charge in [0.25, 0.3) is 0 Å². The van der Waals surface area contributed by atoms with E-state index >= 15 is 0 Å². The summed E-state index contributed by atoms with van der Waals surface area (Å²) in [6, 6.07) is -0.165. The van der Waals surface area contributed by atoms with E-state index < -0.39 is 17.3 Å². The molecule has 0 radical (unpaired) electrons. The van der Waals surface area contributed by atoms with E-state index in [1.54, 1.807) is 20.9 Å². The highest BCUT2D eigenvalue weighted by Crippen LogP contribution is 2.14. The number of hydrogen-bond acceptors (Lipinski definition) is 3. The maximum absolute atomic E-state index is 11.5. The molecule has 0 aromatic carbocycles. The maximum Gasteiger partial charge on any atom is 0.307 e. The number of aliphatic carboxylic acids is 1. The molecule has 5 nitrogen and oxygen atoms in total. The number of carboxylic acid groups (broad SMARTS) is 1. The molecule has 0 bridgehead atoms. The lowest BCUT2D eigenvalue weighted by Crippen LogP contribution is -2.46. The number of rotatable bonds is 6. The molecule has 3 N–H and O–H groups in total. The minimum atomic E-state index is -0.835. The fraction of sp³-hybridized carbons (Fsp3) is 0.818. The Balaban J connectivity index is 4.24.